The van der Waals surface area contributed by atoms with Crippen LogP contribution in [0.2, 0.25) is 5.02 Å². The minimum Gasteiger partial charge on any atom is -0.364 e. The van der Waals surface area contributed by atoms with Crippen LogP contribution in [0.5, 0.6) is 0 Å². The van der Waals surface area contributed by atoms with Gasteiger partial charge in [0, 0.05) is 24.7 Å². The van der Waals surface area contributed by atoms with Gasteiger partial charge >= 0.3 is 0 Å². The van der Waals surface area contributed by atoms with Crippen molar-refractivity contribution in [3.05, 3.63) is 40.4 Å². The third-order valence-corrected chi connectivity index (χ3v) is 3.93. The molecule has 21 heavy (non-hydrogen) atoms. The largest absolute Gasteiger partial charge is 0.364 e. The first-order valence-corrected chi connectivity index (χ1v) is 6.99. The van der Waals surface area contributed by atoms with Gasteiger partial charge in [0.25, 0.3) is 0 Å². The van der Waals surface area contributed by atoms with Crippen molar-refractivity contribution in [2.45, 2.75) is 19.1 Å². The summed E-state index contributed by atoms with van der Waals surface area (Å²) < 4.78 is 18.9. The van der Waals surface area contributed by atoms with E-state index in [2.05, 4.69) is 25.5 Å². The van der Waals surface area contributed by atoms with Crippen molar-refractivity contribution < 1.29 is 9.13 Å². The summed E-state index contributed by atoms with van der Waals surface area (Å²) in [7, 11) is 0. The zero-order chi connectivity index (χ0) is 14.9. The Kier molecular flexibility index (Phi) is 3.88. The normalized spacial score (nSPS) is 23.4. The lowest BCUT2D eigenvalue weighted by Crippen LogP contribution is -2.48. The van der Waals surface area contributed by atoms with Gasteiger partial charge in [-0.05, 0) is 24.6 Å². The Morgan fingerprint density at radius 2 is 2.38 bits per heavy atom. The van der Waals surface area contributed by atoms with E-state index < -0.39 is 5.60 Å². The fourth-order valence-electron chi connectivity index (χ4n) is 2.50. The van der Waals surface area contributed by atoms with Gasteiger partial charge in [0.1, 0.15) is 11.4 Å². The Morgan fingerprint density at radius 1 is 1.52 bits per heavy atom. The number of H-pyrrole nitrogens is 1. The lowest BCUT2D eigenvalue weighted by atomic mass is 10.0. The standard InChI is InChI=1S/C13H15ClFN5O/c1-13(12-16-18-19-17-12)8-20(4-5-21-13)7-9-2-3-10(15)6-11(9)14/h2-3,6H,4-5,7-8H2,1H3,(H,16,17,18,19). The zero-order valence-corrected chi connectivity index (χ0v) is 12.3. The molecule has 1 aliphatic heterocycles. The van der Waals surface area contributed by atoms with Crippen LogP contribution in [0.1, 0.15) is 18.3 Å². The monoisotopic (exact) mass is 311 g/mol. The number of ether oxygens (including phenoxy) is 1. The van der Waals surface area contributed by atoms with Crippen molar-refractivity contribution in [2.75, 3.05) is 19.7 Å². The van der Waals surface area contributed by atoms with Gasteiger partial charge in [0.05, 0.1) is 6.61 Å². The third kappa shape index (κ3) is 3.04. The molecule has 1 unspecified atom stereocenters. The molecule has 1 N–H and O–H groups in total. The summed E-state index contributed by atoms with van der Waals surface area (Å²) in [6, 6.07) is 4.45. The molecule has 0 amide bonds. The van der Waals surface area contributed by atoms with Crippen molar-refractivity contribution >= 4 is 11.6 Å². The number of benzene rings is 1. The molecule has 0 spiro atoms. The van der Waals surface area contributed by atoms with E-state index in [1.54, 1.807) is 6.07 Å². The number of halogens is 2. The molecule has 1 aromatic carbocycles. The lowest BCUT2D eigenvalue weighted by molar-refractivity contribution is -0.110. The van der Waals surface area contributed by atoms with Crippen molar-refractivity contribution in [1.82, 2.24) is 25.5 Å². The number of tetrazole rings is 1. The predicted molar refractivity (Wildman–Crippen MR) is 74.2 cm³/mol. The molecule has 8 heteroatoms. The van der Waals surface area contributed by atoms with Crippen LogP contribution >= 0.6 is 11.6 Å². The molecule has 1 saturated heterocycles. The van der Waals surface area contributed by atoms with Gasteiger partial charge in [-0.1, -0.05) is 22.9 Å². The molecule has 1 aromatic heterocycles. The Balaban J connectivity index is 1.74. The summed E-state index contributed by atoms with van der Waals surface area (Å²) in [6.07, 6.45) is 0. The zero-order valence-electron chi connectivity index (χ0n) is 11.5. The number of rotatable bonds is 3. The van der Waals surface area contributed by atoms with Gasteiger partial charge in [-0.2, -0.15) is 5.21 Å². The number of aromatic nitrogens is 4. The van der Waals surface area contributed by atoms with E-state index in [1.165, 1.54) is 12.1 Å². The molecular weight excluding hydrogens is 297 g/mol. The molecule has 112 valence electrons. The molecule has 6 nitrogen and oxygen atoms in total. The summed E-state index contributed by atoms with van der Waals surface area (Å²) >= 11 is 6.08. The topological polar surface area (TPSA) is 66.9 Å². The molecule has 3 rings (SSSR count). The molecular formula is C13H15ClFN5O. The Hall–Kier alpha value is -1.57. The molecule has 0 saturated carbocycles. The van der Waals surface area contributed by atoms with Crippen LogP contribution in [-0.2, 0) is 16.9 Å². The lowest BCUT2D eigenvalue weighted by Gasteiger charge is -2.38. The maximum Gasteiger partial charge on any atom is 0.207 e. The van der Waals surface area contributed by atoms with Gasteiger partial charge in [-0.25, -0.2) is 4.39 Å². The van der Waals surface area contributed by atoms with E-state index >= 15 is 0 Å². The van der Waals surface area contributed by atoms with E-state index in [1.807, 2.05) is 6.92 Å². The van der Waals surface area contributed by atoms with E-state index in [4.69, 9.17) is 16.3 Å². The summed E-state index contributed by atoms with van der Waals surface area (Å²) in [4.78, 5) is 2.18. The van der Waals surface area contributed by atoms with Gasteiger partial charge in [0.15, 0.2) is 0 Å². The second-order valence-electron chi connectivity index (χ2n) is 5.26. The van der Waals surface area contributed by atoms with E-state index in [-0.39, 0.29) is 5.82 Å². The number of hydrogen-bond acceptors (Lipinski definition) is 5. The second-order valence-corrected chi connectivity index (χ2v) is 5.67. The van der Waals surface area contributed by atoms with Crippen molar-refractivity contribution in [3.8, 4) is 0 Å². The molecule has 2 heterocycles. The summed E-state index contributed by atoms with van der Waals surface area (Å²) in [5.41, 5.74) is 0.271. The minimum absolute atomic E-state index is 0.331. The average molecular weight is 312 g/mol. The van der Waals surface area contributed by atoms with Crippen LogP contribution in [0.4, 0.5) is 4.39 Å². The van der Waals surface area contributed by atoms with Gasteiger partial charge in [0.2, 0.25) is 5.82 Å². The smallest absolute Gasteiger partial charge is 0.207 e. The average Bonchev–Trinajstić information content (AvgIpc) is 2.97. The Bertz CT molecular complexity index is 623. The van der Waals surface area contributed by atoms with E-state index in [0.717, 1.165) is 12.1 Å². The molecule has 0 radical (unpaired) electrons. The Labute approximate surface area is 126 Å². The highest BCUT2D eigenvalue weighted by atomic mass is 35.5. The summed E-state index contributed by atoms with van der Waals surface area (Å²) in [5.74, 6) is 0.194. The third-order valence-electron chi connectivity index (χ3n) is 3.58. The van der Waals surface area contributed by atoms with Gasteiger partial charge in [-0.15, -0.1) is 10.2 Å². The maximum atomic E-state index is 13.1. The molecule has 1 fully saturated rings. The first kappa shape index (κ1) is 14.4. The van der Waals surface area contributed by atoms with Crippen LogP contribution in [0, 0.1) is 5.82 Å². The Morgan fingerprint density at radius 3 is 3.10 bits per heavy atom. The molecule has 1 aliphatic rings. The molecule has 2 aromatic rings. The first-order chi connectivity index (χ1) is 10.1. The van der Waals surface area contributed by atoms with Crippen LogP contribution in [0.25, 0.3) is 0 Å². The molecule has 0 aliphatic carbocycles. The fraction of sp³-hybridized carbons (Fsp3) is 0.462. The van der Waals surface area contributed by atoms with Crippen molar-refractivity contribution in [3.63, 3.8) is 0 Å². The number of hydrogen-bond donors (Lipinski definition) is 1. The fourth-order valence-corrected chi connectivity index (χ4v) is 2.73. The highest BCUT2D eigenvalue weighted by Gasteiger charge is 2.37. The first-order valence-electron chi connectivity index (χ1n) is 6.61. The maximum absolute atomic E-state index is 13.1. The summed E-state index contributed by atoms with van der Waals surface area (Å²) in [5, 5.41) is 14.5. The number of aromatic amines is 1. The van der Waals surface area contributed by atoms with Crippen molar-refractivity contribution in [2.24, 2.45) is 0 Å². The van der Waals surface area contributed by atoms with Gasteiger partial charge in [-0.3, -0.25) is 4.90 Å². The second kappa shape index (κ2) is 5.67. The predicted octanol–water partition coefficient (Wildman–Crippen LogP) is 1.74. The van der Waals surface area contributed by atoms with Crippen LogP contribution < -0.4 is 0 Å². The van der Waals surface area contributed by atoms with Gasteiger partial charge < -0.3 is 4.74 Å². The van der Waals surface area contributed by atoms with Crippen LogP contribution in [0.3, 0.4) is 0 Å². The minimum atomic E-state index is -0.613. The SMILES string of the molecule is CC1(c2nn[nH]n2)CN(Cc2ccc(F)cc2Cl)CCO1. The molecule has 1 atom stereocenters. The highest BCUT2D eigenvalue weighted by molar-refractivity contribution is 6.31. The van der Waals surface area contributed by atoms with Crippen LogP contribution in [-0.4, -0.2) is 45.2 Å². The summed E-state index contributed by atoms with van der Waals surface area (Å²) in [6.45, 7) is 4.48. The molecule has 0 bridgehead atoms. The number of nitrogens with one attached hydrogen (secondary N) is 1. The quantitative estimate of drug-likeness (QED) is 0.935. The van der Waals surface area contributed by atoms with Crippen LogP contribution in [0.15, 0.2) is 18.2 Å². The van der Waals surface area contributed by atoms with E-state index in [9.17, 15) is 4.39 Å². The van der Waals surface area contributed by atoms with E-state index in [0.29, 0.717) is 30.5 Å². The van der Waals surface area contributed by atoms with Crippen molar-refractivity contribution in [1.29, 1.82) is 0 Å². The number of nitrogens with zero attached hydrogens (tertiary/aromatic N) is 4. The number of morpholine rings is 1. The highest BCUT2D eigenvalue weighted by Crippen LogP contribution is 2.28.